The first-order valence-electron chi connectivity index (χ1n) is 11.5. The number of carbonyl (C=O) groups excluding carboxylic acids is 3. The largest absolute Gasteiger partial charge is 0.481 e. The van der Waals surface area contributed by atoms with Gasteiger partial charge in [0.1, 0.15) is 5.60 Å². The summed E-state index contributed by atoms with van der Waals surface area (Å²) in [5, 5.41) is 11.3. The Labute approximate surface area is 189 Å². The van der Waals surface area contributed by atoms with Crippen LogP contribution in [0.25, 0.3) is 0 Å². The quantitative estimate of drug-likeness (QED) is 0.495. The summed E-state index contributed by atoms with van der Waals surface area (Å²) in [6, 6.07) is 0. The molecule has 2 atom stereocenters. The monoisotopic (exact) mass is 454 g/mol. The Bertz CT molecular complexity index is 684. The molecule has 182 valence electrons. The first kappa shape index (κ1) is 25.9. The summed E-state index contributed by atoms with van der Waals surface area (Å²) < 4.78 is 5.42. The molecule has 0 aromatic carbocycles. The van der Waals surface area contributed by atoms with Crippen LogP contribution in [0.2, 0.25) is 0 Å². The third-order valence-electron chi connectivity index (χ3n) is 5.90. The minimum atomic E-state index is -1.07. The van der Waals surface area contributed by atoms with E-state index in [9.17, 15) is 19.2 Å². The fourth-order valence-electron chi connectivity index (χ4n) is 4.17. The second-order valence-corrected chi connectivity index (χ2v) is 9.84. The zero-order chi connectivity index (χ0) is 23.9. The molecule has 10 heteroatoms. The lowest BCUT2D eigenvalue weighted by Crippen LogP contribution is -2.50. The van der Waals surface area contributed by atoms with Gasteiger partial charge in [0, 0.05) is 32.6 Å². The molecule has 2 fully saturated rings. The zero-order valence-electron chi connectivity index (χ0n) is 19.5. The van der Waals surface area contributed by atoms with Gasteiger partial charge in [-0.05, 0) is 58.8 Å². The van der Waals surface area contributed by atoms with Gasteiger partial charge in [-0.15, -0.1) is 0 Å². The van der Waals surface area contributed by atoms with Crippen LogP contribution in [0.5, 0.6) is 0 Å². The molecule has 3 amide bonds. The van der Waals surface area contributed by atoms with E-state index < -0.39 is 17.7 Å². The number of hydrogen-bond acceptors (Lipinski definition) is 6. The summed E-state index contributed by atoms with van der Waals surface area (Å²) in [5.74, 6) is -1.33. The second-order valence-electron chi connectivity index (χ2n) is 9.84. The number of hydrogen-bond donors (Lipinski definition) is 3. The van der Waals surface area contributed by atoms with Gasteiger partial charge in [-0.3, -0.25) is 14.4 Å². The van der Waals surface area contributed by atoms with E-state index in [0.29, 0.717) is 44.9 Å². The third-order valence-corrected chi connectivity index (χ3v) is 5.90. The van der Waals surface area contributed by atoms with Crippen molar-refractivity contribution < 1.29 is 29.0 Å². The Balaban J connectivity index is 1.72. The summed E-state index contributed by atoms with van der Waals surface area (Å²) in [5.41, 5.74) is 5.13. The van der Waals surface area contributed by atoms with Crippen LogP contribution in [0.1, 0.15) is 65.7 Å². The number of nitrogens with two attached hydrogens (primary N) is 1. The molecule has 0 aromatic heterocycles. The van der Waals surface area contributed by atoms with Gasteiger partial charge in [0.15, 0.2) is 0 Å². The standard InChI is InChI=1S/C22H38N4O6/c1-22(2,3)32-21(31)25-11-8-15(9-12-25)6-7-18(27)26-10-4-5-16(14-26)20(30)24-17(23)13-19(28)29/h15-17H,4-14,23H2,1-3H3,(H,24,30)(H,28,29)/t16-,17-/m1/s1. The van der Waals surface area contributed by atoms with Crippen LogP contribution >= 0.6 is 0 Å². The molecule has 0 aliphatic carbocycles. The van der Waals surface area contributed by atoms with Crippen LogP contribution < -0.4 is 11.1 Å². The van der Waals surface area contributed by atoms with Crippen molar-refractivity contribution >= 4 is 23.9 Å². The van der Waals surface area contributed by atoms with Crippen molar-refractivity contribution in [2.24, 2.45) is 17.6 Å². The third kappa shape index (κ3) is 8.64. The number of rotatable bonds is 7. The molecule has 0 aromatic rings. The lowest BCUT2D eigenvalue weighted by Gasteiger charge is -2.34. The van der Waals surface area contributed by atoms with Gasteiger partial charge in [-0.1, -0.05) is 0 Å². The van der Waals surface area contributed by atoms with E-state index in [-0.39, 0.29) is 30.2 Å². The maximum absolute atomic E-state index is 12.7. The van der Waals surface area contributed by atoms with E-state index in [4.69, 9.17) is 15.6 Å². The second kappa shape index (κ2) is 11.5. The van der Waals surface area contributed by atoms with E-state index in [1.807, 2.05) is 20.8 Å². The van der Waals surface area contributed by atoms with Gasteiger partial charge in [-0.25, -0.2) is 4.79 Å². The molecular formula is C22H38N4O6. The predicted molar refractivity (Wildman–Crippen MR) is 117 cm³/mol. The lowest BCUT2D eigenvalue weighted by molar-refractivity contribution is -0.137. The highest BCUT2D eigenvalue weighted by Gasteiger charge is 2.31. The Hall–Kier alpha value is -2.36. The number of nitrogens with one attached hydrogen (secondary N) is 1. The summed E-state index contributed by atoms with van der Waals surface area (Å²) in [7, 11) is 0. The molecule has 0 saturated carbocycles. The van der Waals surface area contributed by atoms with Crippen molar-refractivity contribution in [1.29, 1.82) is 0 Å². The molecule has 0 radical (unpaired) electrons. The first-order chi connectivity index (χ1) is 14.9. The van der Waals surface area contributed by atoms with Gasteiger partial charge in [0.25, 0.3) is 0 Å². The van der Waals surface area contributed by atoms with E-state index >= 15 is 0 Å². The maximum Gasteiger partial charge on any atom is 0.410 e. The number of carboxylic acids is 1. The summed E-state index contributed by atoms with van der Waals surface area (Å²) >= 11 is 0. The van der Waals surface area contributed by atoms with Crippen LogP contribution in [0.15, 0.2) is 0 Å². The molecular weight excluding hydrogens is 416 g/mol. The van der Waals surface area contributed by atoms with Gasteiger partial charge in [0.2, 0.25) is 11.8 Å². The topological polar surface area (TPSA) is 142 Å². The first-order valence-corrected chi connectivity index (χ1v) is 11.5. The average Bonchev–Trinajstić information content (AvgIpc) is 2.70. The van der Waals surface area contributed by atoms with Crippen molar-refractivity contribution in [2.45, 2.75) is 77.5 Å². The highest BCUT2D eigenvalue weighted by Crippen LogP contribution is 2.25. The average molecular weight is 455 g/mol. The number of aliphatic carboxylic acids is 1. The Morgan fingerprint density at radius 3 is 2.34 bits per heavy atom. The van der Waals surface area contributed by atoms with Gasteiger partial charge in [0.05, 0.1) is 18.5 Å². The van der Waals surface area contributed by atoms with Gasteiger partial charge >= 0.3 is 12.1 Å². The molecule has 4 N–H and O–H groups in total. The van der Waals surface area contributed by atoms with Crippen molar-refractivity contribution in [1.82, 2.24) is 15.1 Å². The summed E-state index contributed by atoms with van der Waals surface area (Å²) in [6.45, 7) is 7.78. The number of nitrogens with zero attached hydrogens (tertiary/aromatic N) is 2. The molecule has 0 spiro atoms. The Kier molecular flexibility index (Phi) is 9.30. The van der Waals surface area contributed by atoms with E-state index in [1.54, 1.807) is 9.80 Å². The maximum atomic E-state index is 12.7. The van der Waals surface area contributed by atoms with E-state index in [1.165, 1.54) is 0 Å². The zero-order valence-corrected chi connectivity index (χ0v) is 19.5. The number of ether oxygens (including phenoxy) is 1. The fraction of sp³-hybridized carbons (Fsp3) is 0.818. The fourth-order valence-corrected chi connectivity index (χ4v) is 4.17. The molecule has 2 aliphatic heterocycles. The molecule has 0 bridgehead atoms. The van der Waals surface area contributed by atoms with Crippen molar-refractivity contribution in [2.75, 3.05) is 26.2 Å². The number of piperidine rings is 2. The number of carboxylic acid groups (broad SMARTS) is 1. The van der Waals surface area contributed by atoms with Gasteiger partial charge in [-0.2, -0.15) is 0 Å². The highest BCUT2D eigenvalue weighted by atomic mass is 16.6. The molecule has 10 nitrogen and oxygen atoms in total. The highest BCUT2D eigenvalue weighted by molar-refractivity contribution is 5.82. The molecule has 32 heavy (non-hydrogen) atoms. The lowest BCUT2D eigenvalue weighted by atomic mass is 9.91. The van der Waals surface area contributed by atoms with Crippen LogP contribution in [0.3, 0.4) is 0 Å². The normalized spacial score (nSPS) is 21.1. The molecule has 2 rings (SSSR count). The molecule has 2 heterocycles. The van der Waals surface area contributed by atoms with Gasteiger partial charge < -0.3 is 30.7 Å². The van der Waals surface area contributed by atoms with Crippen LogP contribution in [-0.2, 0) is 19.1 Å². The van der Waals surface area contributed by atoms with E-state index in [2.05, 4.69) is 5.32 Å². The smallest absolute Gasteiger partial charge is 0.410 e. The SMILES string of the molecule is CC(C)(C)OC(=O)N1CCC(CCC(=O)N2CCC[C@@H](C(=O)N[C@@H](N)CC(=O)O)C2)CC1. The minimum absolute atomic E-state index is 0.0342. The number of likely N-dealkylation sites (tertiary alicyclic amines) is 2. The number of amides is 3. The molecule has 2 aliphatic rings. The summed E-state index contributed by atoms with van der Waals surface area (Å²) in [4.78, 5) is 51.4. The number of carbonyl (C=O) groups is 4. The van der Waals surface area contributed by atoms with Crippen LogP contribution in [0.4, 0.5) is 4.79 Å². The molecule has 0 unspecified atom stereocenters. The van der Waals surface area contributed by atoms with Crippen molar-refractivity contribution in [3.05, 3.63) is 0 Å². The van der Waals surface area contributed by atoms with Crippen LogP contribution in [-0.4, -0.2) is 76.7 Å². The van der Waals surface area contributed by atoms with E-state index in [0.717, 1.165) is 25.7 Å². The minimum Gasteiger partial charge on any atom is -0.481 e. The Morgan fingerprint density at radius 2 is 1.75 bits per heavy atom. The van der Waals surface area contributed by atoms with Crippen molar-refractivity contribution in [3.63, 3.8) is 0 Å². The van der Waals surface area contributed by atoms with Crippen LogP contribution in [0, 0.1) is 11.8 Å². The molecule has 2 saturated heterocycles. The predicted octanol–water partition coefficient (Wildman–Crippen LogP) is 1.53. The van der Waals surface area contributed by atoms with Crippen molar-refractivity contribution in [3.8, 4) is 0 Å². The summed E-state index contributed by atoms with van der Waals surface area (Å²) in [6.07, 6.45) is 2.70. The Morgan fingerprint density at radius 1 is 1.09 bits per heavy atom.